The zero-order valence-corrected chi connectivity index (χ0v) is 19.6. The minimum atomic E-state index is -3.75. The van der Waals surface area contributed by atoms with Crippen molar-refractivity contribution < 1.29 is 13.2 Å². The topological polar surface area (TPSA) is 66.5 Å². The van der Waals surface area contributed by atoms with Crippen LogP contribution >= 0.6 is 0 Å². The molecule has 0 heterocycles. The predicted molar refractivity (Wildman–Crippen MR) is 127 cm³/mol. The first-order valence-electron chi connectivity index (χ1n) is 10.1. The summed E-state index contributed by atoms with van der Waals surface area (Å²) in [6.07, 6.45) is 0. The van der Waals surface area contributed by atoms with Gasteiger partial charge in [0.05, 0.1) is 10.6 Å². The van der Waals surface area contributed by atoms with E-state index in [-0.39, 0.29) is 10.8 Å². The van der Waals surface area contributed by atoms with Crippen molar-refractivity contribution in [1.82, 2.24) is 0 Å². The van der Waals surface area contributed by atoms with Gasteiger partial charge < -0.3 is 5.32 Å². The first-order chi connectivity index (χ1) is 14.5. The molecule has 0 spiro atoms. The molecule has 0 unspecified atom stereocenters. The highest BCUT2D eigenvalue weighted by molar-refractivity contribution is 7.92. The van der Waals surface area contributed by atoms with Crippen LogP contribution in [0.4, 0.5) is 11.4 Å². The third kappa shape index (κ3) is 4.64. The summed E-state index contributed by atoms with van der Waals surface area (Å²) >= 11 is 0. The summed E-state index contributed by atoms with van der Waals surface area (Å²) in [4.78, 5) is 13.2. The van der Waals surface area contributed by atoms with Crippen LogP contribution in [-0.4, -0.2) is 21.4 Å². The van der Waals surface area contributed by atoms with Gasteiger partial charge in [0.2, 0.25) is 0 Å². The zero-order valence-electron chi connectivity index (χ0n) is 18.8. The number of nitrogens with zero attached hydrogens (tertiary/aromatic N) is 1. The van der Waals surface area contributed by atoms with Gasteiger partial charge in [-0.1, -0.05) is 41.5 Å². The molecule has 5 nitrogen and oxygen atoms in total. The number of benzene rings is 3. The lowest BCUT2D eigenvalue weighted by Gasteiger charge is -2.22. The molecule has 0 aliphatic rings. The Balaban J connectivity index is 1.94. The van der Waals surface area contributed by atoms with E-state index in [1.165, 1.54) is 11.4 Å². The van der Waals surface area contributed by atoms with Gasteiger partial charge >= 0.3 is 0 Å². The van der Waals surface area contributed by atoms with E-state index in [0.717, 1.165) is 33.5 Å². The Morgan fingerprint density at radius 2 is 1.35 bits per heavy atom. The van der Waals surface area contributed by atoms with E-state index in [2.05, 4.69) is 5.32 Å². The van der Waals surface area contributed by atoms with Crippen LogP contribution < -0.4 is 9.62 Å². The molecule has 0 fully saturated rings. The molecule has 162 valence electrons. The van der Waals surface area contributed by atoms with Crippen LogP contribution in [-0.2, 0) is 10.0 Å². The first-order valence-corrected chi connectivity index (χ1v) is 11.5. The molecule has 3 aromatic carbocycles. The number of carbonyl (C=O) groups excluding carboxylic acids is 1. The van der Waals surface area contributed by atoms with Crippen molar-refractivity contribution in [3.63, 3.8) is 0 Å². The lowest BCUT2D eigenvalue weighted by molar-refractivity contribution is 0.102. The molecule has 0 aliphatic heterocycles. The van der Waals surface area contributed by atoms with Gasteiger partial charge in [-0.15, -0.1) is 0 Å². The van der Waals surface area contributed by atoms with Crippen LogP contribution in [0.2, 0.25) is 0 Å². The summed E-state index contributed by atoms with van der Waals surface area (Å²) < 4.78 is 27.5. The Morgan fingerprint density at radius 1 is 0.774 bits per heavy atom. The molecule has 0 saturated carbocycles. The quantitative estimate of drug-likeness (QED) is 0.590. The molecule has 0 atom stereocenters. The lowest BCUT2D eigenvalue weighted by atomic mass is 10.0. The molecule has 1 N–H and O–H groups in total. The Bertz CT molecular complexity index is 1220. The van der Waals surface area contributed by atoms with Crippen molar-refractivity contribution in [3.8, 4) is 0 Å². The van der Waals surface area contributed by atoms with Crippen molar-refractivity contribution in [2.75, 3.05) is 16.7 Å². The SMILES string of the molecule is Cc1ccc(S(=O)(=O)N(C)c2cc(C(=O)Nc3c(C)cc(C)cc3C)ccc2C)cc1. The van der Waals surface area contributed by atoms with Gasteiger partial charge in [-0.3, -0.25) is 9.10 Å². The van der Waals surface area contributed by atoms with E-state index in [0.29, 0.717) is 11.3 Å². The molecular formula is C25H28N2O3S. The van der Waals surface area contributed by atoms with E-state index in [4.69, 9.17) is 0 Å². The largest absolute Gasteiger partial charge is 0.322 e. The Labute approximate surface area is 184 Å². The molecular weight excluding hydrogens is 408 g/mol. The van der Waals surface area contributed by atoms with E-state index >= 15 is 0 Å². The van der Waals surface area contributed by atoms with Crippen LogP contribution in [0.25, 0.3) is 0 Å². The minimum Gasteiger partial charge on any atom is -0.322 e. The number of anilines is 2. The van der Waals surface area contributed by atoms with Gasteiger partial charge in [-0.25, -0.2) is 8.42 Å². The van der Waals surface area contributed by atoms with Crippen molar-refractivity contribution in [2.45, 2.75) is 39.5 Å². The highest BCUT2D eigenvalue weighted by Crippen LogP contribution is 2.28. The summed E-state index contributed by atoms with van der Waals surface area (Å²) in [6, 6.07) is 15.9. The third-order valence-corrected chi connectivity index (χ3v) is 7.19. The molecule has 0 aromatic heterocycles. The molecule has 0 saturated heterocycles. The molecule has 0 aliphatic carbocycles. The van der Waals surface area contributed by atoms with Gasteiger partial charge in [0.25, 0.3) is 15.9 Å². The Morgan fingerprint density at radius 3 is 1.94 bits per heavy atom. The summed E-state index contributed by atoms with van der Waals surface area (Å²) in [5.41, 5.74) is 6.48. The molecule has 3 rings (SSSR count). The van der Waals surface area contributed by atoms with Crippen molar-refractivity contribution >= 4 is 27.3 Å². The summed E-state index contributed by atoms with van der Waals surface area (Å²) in [7, 11) is -2.24. The number of rotatable bonds is 5. The van der Waals surface area contributed by atoms with Gasteiger partial charge in [-0.05, 0) is 75.6 Å². The number of nitrogens with one attached hydrogen (secondary N) is 1. The maximum Gasteiger partial charge on any atom is 0.264 e. The fourth-order valence-electron chi connectivity index (χ4n) is 3.65. The first kappa shape index (κ1) is 22.6. The number of sulfonamides is 1. The molecule has 0 bridgehead atoms. The predicted octanol–water partition coefficient (Wildman–Crippen LogP) is 5.31. The van der Waals surface area contributed by atoms with Crippen LogP contribution in [0, 0.1) is 34.6 Å². The summed E-state index contributed by atoms with van der Waals surface area (Å²) in [5.74, 6) is -0.280. The van der Waals surface area contributed by atoms with E-state index in [1.54, 1.807) is 42.5 Å². The number of hydrogen-bond donors (Lipinski definition) is 1. The number of carbonyl (C=O) groups is 1. The second kappa shape index (κ2) is 8.55. The molecule has 3 aromatic rings. The molecule has 6 heteroatoms. The van der Waals surface area contributed by atoms with Gasteiger partial charge in [0.1, 0.15) is 0 Å². The average Bonchev–Trinajstić information content (AvgIpc) is 2.70. The number of aryl methyl sites for hydroxylation is 5. The van der Waals surface area contributed by atoms with Gasteiger partial charge in [0.15, 0.2) is 0 Å². The van der Waals surface area contributed by atoms with E-state index in [1.807, 2.05) is 46.8 Å². The normalized spacial score (nSPS) is 11.3. The number of amides is 1. The summed E-state index contributed by atoms with van der Waals surface area (Å²) in [6.45, 7) is 9.66. The molecule has 0 radical (unpaired) electrons. The van der Waals surface area contributed by atoms with Crippen molar-refractivity contribution in [3.05, 3.63) is 88.0 Å². The van der Waals surface area contributed by atoms with Gasteiger partial charge in [-0.2, -0.15) is 0 Å². The molecule has 31 heavy (non-hydrogen) atoms. The van der Waals surface area contributed by atoms with E-state index in [9.17, 15) is 13.2 Å². The fourth-order valence-corrected chi connectivity index (χ4v) is 4.90. The number of hydrogen-bond acceptors (Lipinski definition) is 3. The monoisotopic (exact) mass is 436 g/mol. The lowest BCUT2D eigenvalue weighted by Crippen LogP contribution is -2.27. The highest BCUT2D eigenvalue weighted by atomic mass is 32.2. The fraction of sp³-hybridized carbons (Fsp3) is 0.240. The van der Waals surface area contributed by atoms with Crippen LogP contribution in [0.5, 0.6) is 0 Å². The Hall–Kier alpha value is -3.12. The highest BCUT2D eigenvalue weighted by Gasteiger charge is 2.23. The zero-order chi connectivity index (χ0) is 22.9. The van der Waals surface area contributed by atoms with Crippen LogP contribution in [0.3, 0.4) is 0 Å². The average molecular weight is 437 g/mol. The van der Waals surface area contributed by atoms with Gasteiger partial charge in [0, 0.05) is 18.3 Å². The smallest absolute Gasteiger partial charge is 0.264 e. The maximum atomic E-state index is 13.1. The van der Waals surface area contributed by atoms with Crippen molar-refractivity contribution in [1.29, 1.82) is 0 Å². The minimum absolute atomic E-state index is 0.209. The van der Waals surface area contributed by atoms with Crippen molar-refractivity contribution in [2.24, 2.45) is 0 Å². The van der Waals surface area contributed by atoms with Crippen LogP contribution in [0.15, 0.2) is 59.5 Å². The second-order valence-corrected chi connectivity index (χ2v) is 9.98. The third-order valence-electron chi connectivity index (χ3n) is 5.41. The second-order valence-electron chi connectivity index (χ2n) is 8.01. The maximum absolute atomic E-state index is 13.1. The summed E-state index contributed by atoms with van der Waals surface area (Å²) in [5, 5.41) is 2.98. The Kier molecular flexibility index (Phi) is 6.23. The molecule has 1 amide bonds. The standard InChI is InChI=1S/C25H28N2O3S/c1-16-7-11-22(12-8-16)31(29,30)27(6)23-15-21(10-9-18(23)3)25(28)26-24-19(4)13-17(2)14-20(24)5/h7-15H,1-6H3,(H,26,28). The van der Waals surface area contributed by atoms with E-state index < -0.39 is 10.0 Å². The van der Waals surface area contributed by atoms with Crippen LogP contribution in [0.1, 0.15) is 38.2 Å².